The van der Waals surface area contributed by atoms with E-state index in [9.17, 15) is 5.11 Å². The molecule has 0 saturated heterocycles. The Hall–Kier alpha value is 0.680. The van der Waals surface area contributed by atoms with Gasteiger partial charge in [-0.05, 0) is 19.3 Å². The fourth-order valence-electron chi connectivity index (χ4n) is 2.03. The minimum atomic E-state index is -0.971. The number of hydrogen-bond donors (Lipinski definition) is 1. The first kappa shape index (κ1) is 19.0. The molecule has 0 fully saturated rings. The molecule has 0 aliphatic heterocycles. The topological polar surface area (TPSA) is 20.2 Å². The summed E-state index contributed by atoms with van der Waals surface area (Å²) in [5.74, 6) is 0. The van der Waals surface area contributed by atoms with E-state index in [-0.39, 0.29) is 12.4 Å². The Morgan fingerprint density at radius 1 is 0.750 bits per heavy atom. The van der Waals surface area contributed by atoms with Crippen LogP contribution in [0.2, 0.25) is 0 Å². The number of hydrogen-bond acceptors (Lipinski definition) is 1. The lowest BCUT2D eigenvalue weighted by Gasteiger charge is -2.25. The summed E-state index contributed by atoms with van der Waals surface area (Å²) in [6.45, 7) is 6.77. The molecule has 0 rings (SSSR count). The van der Waals surface area contributed by atoms with Gasteiger partial charge in [-0.1, -0.05) is 40.0 Å². The predicted molar refractivity (Wildman–Crippen MR) is 73.3 cm³/mol. The maximum absolute atomic E-state index is 9.71. The molecule has 0 amide bonds. The molecule has 100 valence electrons. The van der Waals surface area contributed by atoms with Gasteiger partial charge < -0.3 is 17.5 Å². The highest BCUT2D eigenvalue weighted by Gasteiger charge is 2.34. The molecule has 16 heavy (non-hydrogen) atoms. The van der Waals surface area contributed by atoms with Gasteiger partial charge >= 0.3 is 0 Å². The summed E-state index contributed by atoms with van der Waals surface area (Å²) < 4.78 is 0. The number of unbranched alkanes of at least 4 members (excludes halogenated alkanes) is 3. The van der Waals surface area contributed by atoms with Gasteiger partial charge in [0.15, 0.2) is 6.35 Å². The second kappa shape index (κ2) is 12.1. The van der Waals surface area contributed by atoms with Crippen molar-refractivity contribution < 1.29 is 17.5 Å². The number of rotatable bonds is 10. The van der Waals surface area contributed by atoms with Crippen molar-refractivity contribution >= 4 is 7.26 Å². The molecule has 0 aliphatic carbocycles. The highest BCUT2D eigenvalue weighted by Crippen LogP contribution is 2.59. The Morgan fingerprint density at radius 2 is 1.06 bits per heavy atom. The quantitative estimate of drug-likeness (QED) is 0.593. The van der Waals surface area contributed by atoms with Crippen LogP contribution in [0, 0.1) is 0 Å². The largest absolute Gasteiger partial charge is 1.00 e. The SMILES string of the molecule is CCCC[P+](CO)(CCCC)CCCC.[Cl-]. The summed E-state index contributed by atoms with van der Waals surface area (Å²) in [5.41, 5.74) is 0. The molecule has 0 spiro atoms. The van der Waals surface area contributed by atoms with Crippen molar-refractivity contribution in [2.75, 3.05) is 24.8 Å². The van der Waals surface area contributed by atoms with E-state index in [1.165, 1.54) is 57.0 Å². The van der Waals surface area contributed by atoms with E-state index in [1.807, 2.05) is 0 Å². The smallest absolute Gasteiger partial charge is 0.154 e. The zero-order valence-corrected chi connectivity index (χ0v) is 13.0. The van der Waals surface area contributed by atoms with Gasteiger partial charge in [0.2, 0.25) is 0 Å². The molecule has 0 radical (unpaired) electrons. The molecular formula is C13H30ClOP. The average Bonchev–Trinajstić information content (AvgIpc) is 2.29. The molecule has 0 aromatic carbocycles. The van der Waals surface area contributed by atoms with Crippen LogP contribution in [-0.2, 0) is 0 Å². The Balaban J connectivity index is 0. The lowest BCUT2D eigenvalue weighted by molar-refractivity contribution is -0.00000427. The molecule has 0 saturated carbocycles. The summed E-state index contributed by atoms with van der Waals surface area (Å²) in [7, 11) is -0.971. The third-order valence-corrected chi connectivity index (χ3v) is 7.65. The van der Waals surface area contributed by atoms with Crippen molar-refractivity contribution in [1.29, 1.82) is 0 Å². The van der Waals surface area contributed by atoms with Crippen molar-refractivity contribution in [3.05, 3.63) is 0 Å². The molecule has 0 heterocycles. The molecule has 1 nitrogen and oxygen atoms in total. The Morgan fingerprint density at radius 3 is 1.25 bits per heavy atom. The van der Waals surface area contributed by atoms with E-state index in [4.69, 9.17) is 0 Å². The van der Waals surface area contributed by atoms with Crippen LogP contribution in [0.5, 0.6) is 0 Å². The zero-order valence-electron chi connectivity index (χ0n) is 11.3. The van der Waals surface area contributed by atoms with Crippen LogP contribution >= 0.6 is 7.26 Å². The molecule has 0 aromatic heterocycles. The zero-order chi connectivity index (χ0) is 11.6. The molecule has 1 N–H and O–H groups in total. The molecule has 0 aromatic rings. The minimum Gasteiger partial charge on any atom is -1.00 e. The number of halogens is 1. The highest BCUT2D eigenvalue weighted by molar-refractivity contribution is 7.75. The van der Waals surface area contributed by atoms with E-state index in [1.54, 1.807) is 0 Å². The lowest BCUT2D eigenvalue weighted by Crippen LogP contribution is -3.00. The monoisotopic (exact) mass is 268 g/mol. The fourth-order valence-corrected chi connectivity index (χ4v) is 6.08. The van der Waals surface area contributed by atoms with Crippen LogP contribution in [-0.4, -0.2) is 29.9 Å². The normalized spacial score (nSPS) is 11.2. The summed E-state index contributed by atoms with van der Waals surface area (Å²) in [6.07, 6.45) is 12.3. The van der Waals surface area contributed by atoms with Crippen molar-refractivity contribution in [2.45, 2.75) is 59.3 Å². The second-order valence-electron chi connectivity index (χ2n) is 4.71. The van der Waals surface area contributed by atoms with Crippen LogP contribution in [0.1, 0.15) is 59.3 Å². The standard InChI is InChI=1S/C13H30OP.ClH/c1-4-7-10-15(13-14,11-8-5-2)12-9-6-3;/h14H,4-13H2,1-3H3;1H/q+1;/p-1. The van der Waals surface area contributed by atoms with Gasteiger partial charge in [-0.3, -0.25) is 0 Å². The van der Waals surface area contributed by atoms with Crippen LogP contribution in [0.3, 0.4) is 0 Å². The molecule has 0 unspecified atom stereocenters. The maximum Gasteiger partial charge on any atom is 0.154 e. The van der Waals surface area contributed by atoms with Gasteiger partial charge in [0, 0.05) is 7.26 Å². The Labute approximate surface area is 109 Å². The minimum absolute atomic E-state index is 0. The highest BCUT2D eigenvalue weighted by atomic mass is 35.5. The third kappa shape index (κ3) is 7.87. The fraction of sp³-hybridized carbons (Fsp3) is 1.00. The first-order chi connectivity index (χ1) is 7.24. The van der Waals surface area contributed by atoms with E-state index in [0.29, 0.717) is 6.35 Å². The van der Waals surface area contributed by atoms with Gasteiger partial charge in [-0.15, -0.1) is 0 Å². The summed E-state index contributed by atoms with van der Waals surface area (Å²) in [4.78, 5) is 0. The third-order valence-electron chi connectivity index (χ3n) is 3.26. The van der Waals surface area contributed by atoms with Crippen molar-refractivity contribution in [3.8, 4) is 0 Å². The first-order valence-electron chi connectivity index (χ1n) is 6.70. The number of aliphatic hydroxyl groups is 1. The predicted octanol–water partition coefficient (Wildman–Crippen LogP) is 1.36. The van der Waals surface area contributed by atoms with Crippen LogP contribution in [0.25, 0.3) is 0 Å². The van der Waals surface area contributed by atoms with Crippen LogP contribution < -0.4 is 12.4 Å². The maximum atomic E-state index is 9.71. The van der Waals surface area contributed by atoms with Crippen LogP contribution in [0.15, 0.2) is 0 Å². The summed E-state index contributed by atoms with van der Waals surface area (Å²) in [6, 6.07) is 0. The Kier molecular flexibility index (Phi) is 14.4. The second-order valence-corrected chi connectivity index (χ2v) is 9.02. The summed E-state index contributed by atoms with van der Waals surface area (Å²) in [5, 5.41) is 9.71. The molecule has 3 heteroatoms. The molecule has 0 aliphatic rings. The molecular weight excluding hydrogens is 239 g/mol. The van der Waals surface area contributed by atoms with E-state index >= 15 is 0 Å². The number of aliphatic hydroxyl groups excluding tert-OH is 1. The average molecular weight is 269 g/mol. The lowest BCUT2D eigenvalue weighted by atomic mass is 10.4. The van der Waals surface area contributed by atoms with Gasteiger partial charge in [-0.25, -0.2) is 0 Å². The summed E-state index contributed by atoms with van der Waals surface area (Å²) >= 11 is 0. The van der Waals surface area contributed by atoms with Gasteiger partial charge in [-0.2, -0.15) is 0 Å². The first-order valence-corrected chi connectivity index (χ1v) is 9.23. The van der Waals surface area contributed by atoms with Crippen molar-refractivity contribution in [2.24, 2.45) is 0 Å². The van der Waals surface area contributed by atoms with E-state index in [2.05, 4.69) is 20.8 Å². The Bertz CT molecular complexity index is 120. The van der Waals surface area contributed by atoms with E-state index < -0.39 is 7.26 Å². The van der Waals surface area contributed by atoms with Gasteiger partial charge in [0.1, 0.15) is 0 Å². The van der Waals surface area contributed by atoms with Gasteiger partial charge in [0.05, 0.1) is 18.5 Å². The molecule has 0 bridgehead atoms. The van der Waals surface area contributed by atoms with Gasteiger partial charge in [0.25, 0.3) is 0 Å². The van der Waals surface area contributed by atoms with Crippen molar-refractivity contribution in [1.82, 2.24) is 0 Å². The van der Waals surface area contributed by atoms with E-state index in [0.717, 1.165) is 0 Å². The van der Waals surface area contributed by atoms with Crippen LogP contribution in [0.4, 0.5) is 0 Å². The molecule has 0 atom stereocenters. The van der Waals surface area contributed by atoms with Crippen molar-refractivity contribution in [3.63, 3.8) is 0 Å².